The van der Waals surface area contributed by atoms with E-state index in [2.05, 4.69) is 19.7 Å². The molecule has 0 amide bonds. The number of aromatic amines is 1. The zero-order chi connectivity index (χ0) is 14.0. The van der Waals surface area contributed by atoms with E-state index in [0.717, 1.165) is 0 Å². The van der Waals surface area contributed by atoms with Crippen LogP contribution in [0.4, 0.5) is 5.82 Å². The molecule has 0 aromatic carbocycles. The Morgan fingerprint density at radius 2 is 2.16 bits per heavy atom. The lowest BCUT2D eigenvalue weighted by Crippen LogP contribution is -2.15. The van der Waals surface area contributed by atoms with Crippen LogP contribution < -0.4 is 4.72 Å². The number of nitrogens with zero attached hydrogens (tertiary/aromatic N) is 2. The number of carboxylic acids is 1. The van der Waals surface area contributed by atoms with Crippen LogP contribution in [0.25, 0.3) is 0 Å². The van der Waals surface area contributed by atoms with E-state index in [1.54, 1.807) is 6.92 Å². The summed E-state index contributed by atoms with van der Waals surface area (Å²) in [4.78, 5) is 20.8. The van der Waals surface area contributed by atoms with E-state index in [-0.39, 0.29) is 16.5 Å². The lowest BCUT2D eigenvalue weighted by Gasteiger charge is -2.05. The van der Waals surface area contributed by atoms with Gasteiger partial charge in [0.2, 0.25) is 0 Å². The van der Waals surface area contributed by atoms with Gasteiger partial charge in [-0.25, -0.2) is 14.8 Å². The third-order valence-corrected chi connectivity index (χ3v) is 3.44. The summed E-state index contributed by atoms with van der Waals surface area (Å²) >= 11 is 0. The fourth-order valence-electron chi connectivity index (χ4n) is 1.34. The summed E-state index contributed by atoms with van der Waals surface area (Å²) in [6.45, 7) is 1.61. The fourth-order valence-corrected chi connectivity index (χ4v) is 2.31. The monoisotopic (exact) mass is 282 g/mol. The van der Waals surface area contributed by atoms with Gasteiger partial charge in [-0.3, -0.25) is 4.72 Å². The summed E-state index contributed by atoms with van der Waals surface area (Å²) in [7, 11) is -3.86. The number of aromatic nitrogens is 3. The number of imidazole rings is 1. The second-order valence-electron chi connectivity index (χ2n) is 3.65. The number of aryl methyl sites for hydroxylation is 1. The van der Waals surface area contributed by atoms with Crippen LogP contribution >= 0.6 is 0 Å². The van der Waals surface area contributed by atoms with Crippen LogP contribution in [0.15, 0.2) is 29.4 Å². The third-order valence-electron chi connectivity index (χ3n) is 2.18. The van der Waals surface area contributed by atoms with Gasteiger partial charge < -0.3 is 10.1 Å². The maximum atomic E-state index is 11.9. The molecule has 0 unspecified atom stereocenters. The van der Waals surface area contributed by atoms with E-state index < -0.39 is 16.0 Å². The number of hydrogen-bond acceptors (Lipinski definition) is 5. The van der Waals surface area contributed by atoms with Crippen LogP contribution in [-0.4, -0.2) is 34.4 Å². The van der Waals surface area contributed by atoms with Gasteiger partial charge in [0, 0.05) is 0 Å². The van der Waals surface area contributed by atoms with Crippen molar-refractivity contribution >= 4 is 21.8 Å². The van der Waals surface area contributed by atoms with Gasteiger partial charge in [-0.05, 0) is 19.1 Å². The Labute approximate surface area is 108 Å². The number of anilines is 1. The summed E-state index contributed by atoms with van der Waals surface area (Å²) in [5, 5.41) is 8.65. The average Bonchev–Trinajstić information content (AvgIpc) is 2.76. The molecule has 0 radical (unpaired) electrons. The van der Waals surface area contributed by atoms with E-state index in [1.807, 2.05) is 0 Å². The van der Waals surface area contributed by atoms with Gasteiger partial charge in [-0.2, -0.15) is 8.42 Å². The summed E-state index contributed by atoms with van der Waals surface area (Å²) < 4.78 is 26.0. The van der Waals surface area contributed by atoms with E-state index in [1.165, 1.54) is 24.4 Å². The molecule has 0 spiro atoms. The second-order valence-corrected chi connectivity index (χ2v) is 5.30. The van der Waals surface area contributed by atoms with Crippen molar-refractivity contribution in [3.8, 4) is 0 Å². The molecule has 2 aromatic heterocycles. The molecule has 0 fully saturated rings. The van der Waals surface area contributed by atoms with Crippen LogP contribution in [0.2, 0.25) is 0 Å². The van der Waals surface area contributed by atoms with E-state index in [4.69, 9.17) is 5.11 Å². The topological polar surface area (TPSA) is 125 Å². The number of nitrogens with one attached hydrogen (secondary N) is 2. The molecule has 2 heterocycles. The van der Waals surface area contributed by atoms with Crippen molar-refractivity contribution in [2.75, 3.05) is 4.72 Å². The summed E-state index contributed by atoms with van der Waals surface area (Å²) in [5.74, 6) is -0.863. The maximum Gasteiger partial charge on any atom is 0.354 e. The molecule has 0 aliphatic carbocycles. The number of carboxylic acid groups (broad SMARTS) is 1. The summed E-state index contributed by atoms with van der Waals surface area (Å²) in [6, 6.07) is 4.01. The first-order valence-electron chi connectivity index (χ1n) is 5.13. The summed E-state index contributed by atoms with van der Waals surface area (Å²) in [5.41, 5.74) is -0.249. The highest BCUT2D eigenvalue weighted by Crippen LogP contribution is 2.12. The van der Waals surface area contributed by atoms with Crippen molar-refractivity contribution in [1.29, 1.82) is 0 Å². The Morgan fingerprint density at radius 1 is 1.42 bits per heavy atom. The van der Waals surface area contributed by atoms with Crippen molar-refractivity contribution in [3.63, 3.8) is 0 Å². The number of rotatable bonds is 4. The highest BCUT2D eigenvalue weighted by Gasteiger charge is 2.17. The van der Waals surface area contributed by atoms with E-state index in [0.29, 0.717) is 5.82 Å². The molecule has 0 aliphatic rings. The predicted molar refractivity (Wildman–Crippen MR) is 65.3 cm³/mol. The molecule has 0 aliphatic heterocycles. The van der Waals surface area contributed by atoms with E-state index >= 15 is 0 Å². The summed E-state index contributed by atoms with van der Waals surface area (Å²) in [6.07, 6.45) is 1.17. The van der Waals surface area contributed by atoms with Crippen molar-refractivity contribution < 1.29 is 18.3 Å². The van der Waals surface area contributed by atoms with Gasteiger partial charge >= 0.3 is 5.97 Å². The maximum absolute atomic E-state index is 11.9. The van der Waals surface area contributed by atoms with Gasteiger partial charge in [0.15, 0.2) is 10.7 Å². The van der Waals surface area contributed by atoms with Crippen LogP contribution in [0.5, 0.6) is 0 Å². The van der Waals surface area contributed by atoms with Crippen LogP contribution in [0, 0.1) is 6.92 Å². The Kier molecular flexibility index (Phi) is 3.21. The minimum atomic E-state index is -3.86. The van der Waals surface area contributed by atoms with Gasteiger partial charge in [-0.1, -0.05) is 6.07 Å². The van der Waals surface area contributed by atoms with Gasteiger partial charge in [0.05, 0.1) is 6.20 Å². The number of carbonyl (C=O) groups is 1. The molecule has 0 bridgehead atoms. The number of H-pyrrole nitrogens is 1. The van der Waals surface area contributed by atoms with Gasteiger partial charge in [0.25, 0.3) is 10.0 Å². The number of hydrogen-bond donors (Lipinski definition) is 3. The standard InChI is InChI=1S/C10H10N4O4S/c1-6-11-5-9(12-6)19(17,18)14-8-4-2-3-7(13-8)10(15)16/h2-5H,1H3,(H,11,12)(H,13,14)(H,15,16). The first-order valence-corrected chi connectivity index (χ1v) is 6.61. The quantitative estimate of drug-likeness (QED) is 0.754. The highest BCUT2D eigenvalue weighted by atomic mass is 32.2. The van der Waals surface area contributed by atoms with Crippen molar-refractivity contribution in [2.45, 2.75) is 11.9 Å². The molecule has 19 heavy (non-hydrogen) atoms. The second kappa shape index (κ2) is 4.69. The molecule has 0 saturated carbocycles. The minimum Gasteiger partial charge on any atom is -0.477 e. The molecule has 0 atom stereocenters. The first kappa shape index (κ1) is 13.0. The average molecular weight is 282 g/mol. The van der Waals surface area contributed by atoms with Crippen molar-refractivity contribution in [1.82, 2.24) is 15.0 Å². The molecule has 3 N–H and O–H groups in total. The van der Waals surface area contributed by atoms with Crippen molar-refractivity contribution in [3.05, 3.63) is 35.9 Å². The largest absolute Gasteiger partial charge is 0.477 e. The molecule has 100 valence electrons. The molecular formula is C10H10N4O4S. The first-order chi connectivity index (χ1) is 8.88. The normalized spacial score (nSPS) is 11.2. The molecule has 2 aromatic rings. The number of pyridine rings is 1. The number of aromatic carboxylic acids is 1. The third kappa shape index (κ3) is 2.88. The Balaban J connectivity index is 2.30. The Hall–Kier alpha value is -2.42. The highest BCUT2D eigenvalue weighted by molar-refractivity contribution is 7.92. The van der Waals surface area contributed by atoms with Crippen LogP contribution in [0.1, 0.15) is 16.3 Å². The van der Waals surface area contributed by atoms with E-state index in [9.17, 15) is 13.2 Å². The lowest BCUT2D eigenvalue weighted by molar-refractivity contribution is 0.0690. The van der Waals surface area contributed by atoms with Gasteiger partial charge in [0.1, 0.15) is 11.6 Å². The number of sulfonamides is 1. The lowest BCUT2D eigenvalue weighted by atomic mass is 10.3. The molecule has 9 heteroatoms. The predicted octanol–water partition coefficient (Wildman–Crippen LogP) is 0.612. The molecule has 0 saturated heterocycles. The molecular weight excluding hydrogens is 272 g/mol. The Morgan fingerprint density at radius 3 is 2.74 bits per heavy atom. The SMILES string of the molecule is Cc1ncc(S(=O)(=O)Nc2cccc(C(=O)O)n2)[nH]1. The minimum absolute atomic E-state index is 0.0767. The fraction of sp³-hybridized carbons (Fsp3) is 0.100. The molecule has 8 nitrogen and oxygen atoms in total. The zero-order valence-electron chi connectivity index (χ0n) is 9.78. The zero-order valence-corrected chi connectivity index (χ0v) is 10.6. The van der Waals surface area contributed by atoms with Crippen LogP contribution in [-0.2, 0) is 10.0 Å². The molecule has 2 rings (SSSR count). The van der Waals surface area contributed by atoms with Gasteiger partial charge in [-0.15, -0.1) is 0 Å². The van der Waals surface area contributed by atoms with Crippen molar-refractivity contribution in [2.24, 2.45) is 0 Å². The van der Waals surface area contributed by atoms with Crippen LogP contribution in [0.3, 0.4) is 0 Å². The smallest absolute Gasteiger partial charge is 0.354 e. The Bertz CT molecular complexity index is 723.